The zero-order valence-corrected chi connectivity index (χ0v) is 25.6. The summed E-state index contributed by atoms with van der Waals surface area (Å²) in [6, 6.07) is 8.92. The third kappa shape index (κ3) is 4.80. The van der Waals surface area contributed by atoms with Gasteiger partial charge < -0.3 is 20.1 Å². The molecular weight excluding hydrogens is 612 g/mol. The maximum Gasteiger partial charge on any atom is 0.250 e. The van der Waals surface area contributed by atoms with Gasteiger partial charge in [-0.2, -0.15) is 5.10 Å². The van der Waals surface area contributed by atoms with E-state index >= 15 is 0 Å². The number of benzene rings is 1. The lowest BCUT2D eigenvalue weighted by Gasteiger charge is -2.27. The summed E-state index contributed by atoms with van der Waals surface area (Å²) in [7, 11) is 0. The summed E-state index contributed by atoms with van der Waals surface area (Å²) >= 11 is 3.35. The highest BCUT2D eigenvalue weighted by Crippen LogP contribution is 2.34. The molecule has 12 heteroatoms. The Balaban J connectivity index is 1.19. The van der Waals surface area contributed by atoms with E-state index < -0.39 is 6.04 Å². The molecular formula is C31H29BrN8O3. The maximum absolute atomic E-state index is 13.8. The monoisotopic (exact) mass is 640 g/mol. The summed E-state index contributed by atoms with van der Waals surface area (Å²) in [5, 5.41) is 11.5. The number of halogens is 1. The Morgan fingerprint density at radius 3 is 2.67 bits per heavy atom. The molecule has 2 amide bonds. The van der Waals surface area contributed by atoms with Gasteiger partial charge in [0.15, 0.2) is 11.4 Å². The molecule has 0 spiro atoms. The Hall–Kier alpha value is -4.42. The van der Waals surface area contributed by atoms with Crippen molar-refractivity contribution in [3.05, 3.63) is 75.9 Å². The van der Waals surface area contributed by atoms with Crippen molar-refractivity contribution in [2.75, 3.05) is 11.9 Å². The van der Waals surface area contributed by atoms with Crippen LogP contribution in [0.5, 0.6) is 0 Å². The number of fused-ring (bicyclic) bond motifs is 3. The number of aromatic nitrogens is 5. The van der Waals surface area contributed by atoms with E-state index in [0.717, 1.165) is 44.5 Å². The largest absolute Gasteiger partial charge is 0.337 e. The predicted molar refractivity (Wildman–Crippen MR) is 165 cm³/mol. The normalized spacial score (nSPS) is 19.2. The maximum atomic E-state index is 13.8. The SMILES string of the molecule is CC(=O)c1cn(CC(=O)N2CC3NC3C2C(=O)Nc2nc(Br)ccc2C)c2c(C)cc(-c3cnc4cc(C)nn4c3)cc12. The van der Waals surface area contributed by atoms with E-state index in [1.807, 2.05) is 61.9 Å². The molecule has 3 unspecified atom stereocenters. The van der Waals surface area contributed by atoms with E-state index in [0.29, 0.717) is 22.5 Å². The molecule has 6 heterocycles. The Bertz CT molecular complexity index is 2000. The minimum Gasteiger partial charge on any atom is -0.337 e. The van der Waals surface area contributed by atoms with E-state index in [4.69, 9.17) is 0 Å². The number of hydrogen-bond acceptors (Lipinski definition) is 7. The number of nitrogens with zero attached hydrogens (tertiary/aromatic N) is 6. The van der Waals surface area contributed by atoms with Crippen molar-refractivity contribution < 1.29 is 14.4 Å². The molecule has 0 aliphatic carbocycles. The highest BCUT2D eigenvalue weighted by atomic mass is 79.9. The number of piperazine rings is 1. The van der Waals surface area contributed by atoms with Crippen LogP contribution in [-0.4, -0.2) is 71.3 Å². The molecule has 5 aromatic rings. The Morgan fingerprint density at radius 1 is 1.07 bits per heavy atom. The van der Waals surface area contributed by atoms with Crippen molar-refractivity contribution in [1.82, 2.24) is 34.4 Å². The first-order chi connectivity index (χ1) is 20.6. The number of carbonyl (C=O) groups excluding carboxylic acids is 3. The van der Waals surface area contributed by atoms with Gasteiger partial charge in [-0.3, -0.25) is 14.4 Å². The van der Waals surface area contributed by atoms with E-state index in [1.54, 1.807) is 21.8 Å². The first-order valence-electron chi connectivity index (χ1n) is 14.0. The molecule has 2 N–H and O–H groups in total. The van der Waals surface area contributed by atoms with Crippen molar-refractivity contribution in [3.8, 4) is 11.1 Å². The number of anilines is 1. The number of rotatable bonds is 6. The van der Waals surface area contributed by atoms with Crippen molar-refractivity contribution >= 4 is 55.9 Å². The van der Waals surface area contributed by atoms with Crippen LogP contribution in [0.15, 0.2) is 53.5 Å². The molecule has 4 aromatic heterocycles. The van der Waals surface area contributed by atoms with Crippen molar-refractivity contribution in [2.45, 2.75) is 52.4 Å². The van der Waals surface area contributed by atoms with Crippen LogP contribution in [0.3, 0.4) is 0 Å². The summed E-state index contributed by atoms with van der Waals surface area (Å²) in [5.74, 6) is -0.0981. The second-order valence-corrected chi connectivity index (χ2v) is 12.2. The third-order valence-corrected chi connectivity index (χ3v) is 8.75. The van der Waals surface area contributed by atoms with Gasteiger partial charge in [-0.1, -0.05) is 6.07 Å². The quantitative estimate of drug-likeness (QED) is 0.163. The predicted octanol–water partition coefficient (Wildman–Crippen LogP) is 3.83. The Kier molecular flexibility index (Phi) is 6.44. The highest BCUT2D eigenvalue weighted by molar-refractivity contribution is 9.10. The van der Waals surface area contributed by atoms with Crippen LogP contribution < -0.4 is 10.6 Å². The number of nitrogens with one attached hydrogen (secondary N) is 2. The second-order valence-electron chi connectivity index (χ2n) is 11.4. The van der Waals surface area contributed by atoms with Crippen LogP contribution in [-0.2, 0) is 16.1 Å². The van der Waals surface area contributed by atoms with Gasteiger partial charge in [-0.15, -0.1) is 0 Å². The lowest BCUT2D eigenvalue weighted by Crippen LogP contribution is -2.49. The van der Waals surface area contributed by atoms with Crippen molar-refractivity contribution in [1.29, 1.82) is 0 Å². The second kappa shape index (κ2) is 10.1. The number of pyridine rings is 1. The molecule has 7 rings (SSSR count). The Morgan fingerprint density at radius 2 is 1.88 bits per heavy atom. The fourth-order valence-electron chi connectivity index (χ4n) is 6.18. The minimum atomic E-state index is -0.659. The molecule has 218 valence electrons. The summed E-state index contributed by atoms with van der Waals surface area (Å²) < 4.78 is 4.19. The number of ketones is 1. The first-order valence-corrected chi connectivity index (χ1v) is 14.8. The van der Waals surface area contributed by atoms with Gasteiger partial charge in [0.2, 0.25) is 11.8 Å². The van der Waals surface area contributed by atoms with Gasteiger partial charge in [0.1, 0.15) is 23.0 Å². The molecule has 2 fully saturated rings. The molecule has 2 aliphatic rings. The van der Waals surface area contributed by atoms with Crippen LogP contribution in [0, 0.1) is 20.8 Å². The van der Waals surface area contributed by atoms with Crippen LogP contribution in [0.4, 0.5) is 5.82 Å². The van der Waals surface area contributed by atoms with E-state index in [1.165, 1.54) is 6.92 Å². The van der Waals surface area contributed by atoms with Crippen LogP contribution >= 0.6 is 15.9 Å². The number of amides is 2. The first kappa shape index (κ1) is 27.4. The number of carbonyl (C=O) groups is 3. The summed E-state index contributed by atoms with van der Waals surface area (Å²) in [6.45, 7) is 7.73. The van der Waals surface area contributed by atoms with Gasteiger partial charge in [0.25, 0.3) is 0 Å². The summed E-state index contributed by atoms with van der Waals surface area (Å²) in [6.07, 6.45) is 5.47. The Labute approximate surface area is 255 Å². The summed E-state index contributed by atoms with van der Waals surface area (Å²) in [5.41, 5.74) is 6.50. The average Bonchev–Trinajstić information content (AvgIpc) is 3.26. The van der Waals surface area contributed by atoms with Gasteiger partial charge >= 0.3 is 0 Å². The van der Waals surface area contributed by atoms with E-state index in [9.17, 15) is 14.4 Å². The number of aryl methyl sites for hydroxylation is 3. The fraction of sp³-hybridized carbons (Fsp3) is 0.290. The van der Waals surface area contributed by atoms with Crippen LogP contribution in [0.1, 0.15) is 34.1 Å². The molecule has 1 aromatic carbocycles. The molecule has 3 atom stereocenters. The fourth-order valence-corrected chi connectivity index (χ4v) is 6.49. The smallest absolute Gasteiger partial charge is 0.250 e. The summed E-state index contributed by atoms with van der Waals surface area (Å²) in [4.78, 5) is 50.5. The number of likely N-dealkylation sites (tertiary alicyclic amines) is 1. The zero-order chi connectivity index (χ0) is 30.2. The van der Waals surface area contributed by atoms with E-state index in [-0.39, 0.29) is 36.2 Å². The highest BCUT2D eigenvalue weighted by Gasteiger charge is 2.56. The third-order valence-electron chi connectivity index (χ3n) is 8.31. The zero-order valence-electron chi connectivity index (χ0n) is 24.1. The molecule has 0 radical (unpaired) electrons. The topological polar surface area (TPSA) is 136 Å². The molecule has 0 saturated carbocycles. The molecule has 0 bridgehead atoms. The lowest BCUT2D eigenvalue weighted by molar-refractivity contribution is -0.137. The van der Waals surface area contributed by atoms with Crippen molar-refractivity contribution in [3.63, 3.8) is 0 Å². The van der Waals surface area contributed by atoms with Gasteiger partial charge in [-0.05, 0) is 78.5 Å². The molecule has 2 saturated heterocycles. The van der Waals surface area contributed by atoms with Gasteiger partial charge in [0.05, 0.1) is 17.3 Å². The minimum absolute atomic E-state index is 0.00142. The van der Waals surface area contributed by atoms with Gasteiger partial charge in [0, 0.05) is 53.8 Å². The van der Waals surface area contributed by atoms with Crippen molar-refractivity contribution in [2.24, 2.45) is 0 Å². The molecule has 11 nitrogen and oxygen atoms in total. The van der Waals surface area contributed by atoms with Crippen LogP contribution in [0.25, 0.3) is 27.7 Å². The number of Topliss-reactive ketones (excluding diaryl/α,β-unsaturated/α-hetero) is 1. The van der Waals surface area contributed by atoms with E-state index in [2.05, 4.69) is 41.6 Å². The lowest BCUT2D eigenvalue weighted by atomic mass is 10.0. The van der Waals surface area contributed by atoms with Crippen LogP contribution in [0.2, 0.25) is 0 Å². The molecule has 43 heavy (non-hydrogen) atoms. The molecule has 2 aliphatic heterocycles. The van der Waals surface area contributed by atoms with Gasteiger partial charge in [-0.25, -0.2) is 14.5 Å². The standard InChI is InChI=1S/C31H29BrN8O3/c1-15-5-6-24(32)35-30(15)36-31(43)29-27-23(34-27)13-39(29)26(42)14-38-12-22(18(4)41)21-9-19(7-16(2)28(21)38)20-10-33-25-8-17(3)37-40(25)11-20/h5-12,23,27,29,34H,13-14H2,1-4H3,(H,35,36,43). The number of hydrogen-bond donors (Lipinski definition) is 2. The average molecular weight is 642 g/mol.